The number of hydrogen-bond donors (Lipinski definition) is 1. The largest absolute Gasteiger partial charge is 0.333 e. The monoisotopic (exact) mass is 509 g/mol. The minimum absolute atomic E-state index is 0.0940. The van der Waals surface area contributed by atoms with Gasteiger partial charge < -0.3 is 10.2 Å². The first-order chi connectivity index (χ1) is 18.2. The van der Waals surface area contributed by atoms with Gasteiger partial charge in [0, 0.05) is 36.8 Å². The van der Waals surface area contributed by atoms with E-state index in [4.69, 9.17) is 12.8 Å². The summed E-state index contributed by atoms with van der Waals surface area (Å²) in [6, 6.07) is 16.1. The lowest BCUT2D eigenvalue weighted by molar-refractivity contribution is 0.0995. The molecule has 0 unspecified atom stereocenters. The molecule has 0 aliphatic rings. The van der Waals surface area contributed by atoms with E-state index in [1.807, 2.05) is 26.0 Å². The zero-order valence-electron chi connectivity index (χ0n) is 21.5. The van der Waals surface area contributed by atoms with Crippen LogP contribution in [0.3, 0.4) is 0 Å². The number of terminal acetylenes is 2. The van der Waals surface area contributed by atoms with Crippen LogP contribution in [0.25, 0.3) is 0 Å². The van der Waals surface area contributed by atoms with E-state index < -0.39 is 17.8 Å². The Morgan fingerprint density at radius 2 is 1.66 bits per heavy atom. The zero-order chi connectivity index (χ0) is 27.7. The summed E-state index contributed by atoms with van der Waals surface area (Å²) >= 11 is 0. The highest BCUT2D eigenvalue weighted by atomic mass is 19.1. The molecule has 0 saturated heterocycles. The lowest BCUT2D eigenvalue weighted by atomic mass is 10.1. The van der Waals surface area contributed by atoms with Crippen molar-refractivity contribution in [3.63, 3.8) is 0 Å². The maximum Gasteiger partial charge on any atom is 0.333 e. The van der Waals surface area contributed by atoms with Gasteiger partial charge in [0.1, 0.15) is 5.82 Å². The SMILES string of the molecule is C#Cc1ccc(N(C(=O)Nc2ccc(C=NN(C)CCN(C)C)cc2F)C(=O)c2cccc(C#C)c2)cc1. The summed E-state index contributed by atoms with van der Waals surface area (Å²) in [5.74, 6) is 3.64. The molecule has 192 valence electrons. The number of carbonyl (C=O) groups excluding carboxylic acids is 2. The summed E-state index contributed by atoms with van der Waals surface area (Å²) in [7, 11) is 5.76. The Bertz CT molecular complexity index is 1420. The number of imide groups is 1. The van der Waals surface area contributed by atoms with Crippen LogP contribution in [0.1, 0.15) is 27.0 Å². The average molecular weight is 510 g/mol. The number of hydrogen-bond acceptors (Lipinski definition) is 5. The molecule has 3 amide bonds. The molecule has 0 spiro atoms. The fraction of sp³-hybridized carbons (Fsp3) is 0.167. The highest BCUT2D eigenvalue weighted by Gasteiger charge is 2.26. The molecule has 0 radical (unpaired) electrons. The van der Waals surface area contributed by atoms with Crippen LogP contribution in [0.5, 0.6) is 0 Å². The molecule has 0 bridgehead atoms. The molecular weight excluding hydrogens is 481 g/mol. The van der Waals surface area contributed by atoms with E-state index >= 15 is 0 Å². The van der Waals surface area contributed by atoms with Crippen molar-refractivity contribution in [3.8, 4) is 24.7 Å². The molecule has 1 N–H and O–H groups in total. The lowest BCUT2D eigenvalue weighted by Crippen LogP contribution is -2.40. The molecule has 8 heteroatoms. The van der Waals surface area contributed by atoms with E-state index in [2.05, 4.69) is 22.3 Å². The number of rotatable bonds is 8. The Labute approximate surface area is 222 Å². The van der Waals surface area contributed by atoms with Crippen molar-refractivity contribution in [2.75, 3.05) is 44.4 Å². The molecule has 0 aliphatic heterocycles. The molecule has 0 aliphatic carbocycles. The lowest BCUT2D eigenvalue weighted by Gasteiger charge is -2.22. The fourth-order valence-electron chi connectivity index (χ4n) is 3.36. The number of halogens is 1. The van der Waals surface area contributed by atoms with Crippen LogP contribution in [-0.4, -0.2) is 62.3 Å². The van der Waals surface area contributed by atoms with Gasteiger partial charge in [-0.2, -0.15) is 5.10 Å². The quantitative estimate of drug-likeness (QED) is 0.276. The topological polar surface area (TPSA) is 68.2 Å². The molecule has 38 heavy (non-hydrogen) atoms. The van der Waals surface area contributed by atoms with Crippen molar-refractivity contribution in [1.29, 1.82) is 0 Å². The Morgan fingerprint density at radius 1 is 0.947 bits per heavy atom. The molecule has 3 aromatic rings. The third-order valence-electron chi connectivity index (χ3n) is 5.48. The number of urea groups is 1. The predicted octanol–water partition coefficient (Wildman–Crippen LogP) is 4.49. The first-order valence-electron chi connectivity index (χ1n) is 11.7. The Morgan fingerprint density at radius 3 is 2.29 bits per heavy atom. The van der Waals surface area contributed by atoms with Gasteiger partial charge in [0.25, 0.3) is 5.91 Å². The van der Waals surface area contributed by atoms with E-state index in [-0.39, 0.29) is 16.9 Å². The maximum atomic E-state index is 14.9. The number of nitrogens with one attached hydrogen (secondary N) is 1. The summed E-state index contributed by atoms with van der Waals surface area (Å²) in [6.07, 6.45) is 12.4. The number of likely N-dealkylation sites (N-methyl/N-ethyl adjacent to an activating group) is 2. The summed E-state index contributed by atoms with van der Waals surface area (Å²) in [4.78, 5) is 29.7. The van der Waals surface area contributed by atoms with Gasteiger partial charge in [-0.1, -0.05) is 24.0 Å². The first kappa shape index (κ1) is 27.7. The van der Waals surface area contributed by atoms with Crippen molar-refractivity contribution in [2.24, 2.45) is 5.10 Å². The first-order valence-corrected chi connectivity index (χ1v) is 11.7. The van der Waals surface area contributed by atoms with Gasteiger partial charge in [-0.3, -0.25) is 9.80 Å². The van der Waals surface area contributed by atoms with Crippen LogP contribution >= 0.6 is 0 Å². The van der Waals surface area contributed by atoms with E-state index in [9.17, 15) is 14.0 Å². The van der Waals surface area contributed by atoms with Gasteiger partial charge >= 0.3 is 6.03 Å². The number of nitrogens with zero attached hydrogens (tertiary/aromatic N) is 4. The molecule has 0 heterocycles. The predicted molar refractivity (Wildman–Crippen MR) is 150 cm³/mol. The molecule has 0 fully saturated rings. The Balaban J connectivity index is 1.85. The number of carbonyl (C=O) groups is 2. The average Bonchev–Trinajstić information content (AvgIpc) is 2.92. The molecule has 0 aromatic heterocycles. The van der Waals surface area contributed by atoms with E-state index in [1.54, 1.807) is 53.5 Å². The third-order valence-corrected chi connectivity index (χ3v) is 5.48. The van der Waals surface area contributed by atoms with Crippen molar-refractivity contribution >= 4 is 29.5 Å². The van der Waals surface area contributed by atoms with Crippen LogP contribution in [0.4, 0.5) is 20.6 Å². The van der Waals surface area contributed by atoms with Crippen LogP contribution < -0.4 is 10.2 Å². The van der Waals surface area contributed by atoms with Crippen molar-refractivity contribution < 1.29 is 14.0 Å². The smallest absolute Gasteiger partial charge is 0.308 e. The fourth-order valence-corrected chi connectivity index (χ4v) is 3.36. The van der Waals surface area contributed by atoms with Gasteiger partial charge in [0.2, 0.25) is 0 Å². The van der Waals surface area contributed by atoms with E-state index in [1.165, 1.54) is 24.4 Å². The van der Waals surface area contributed by atoms with Crippen molar-refractivity contribution in [1.82, 2.24) is 9.91 Å². The highest BCUT2D eigenvalue weighted by molar-refractivity contribution is 6.23. The van der Waals surface area contributed by atoms with E-state index in [0.29, 0.717) is 23.2 Å². The Kier molecular flexibility index (Phi) is 9.37. The third kappa shape index (κ3) is 7.30. The normalized spacial score (nSPS) is 10.6. The van der Waals surface area contributed by atoms with Crippen molar-refractivity contribution in [2.45, 2.75) is 0 Å². The van der Waals surface area contributed by atoms with Crippen LogP contribution in [0.2, 0.25) is 0 Å². The van der Waals surface area contributed by atoms with Crippen LogP contribution in [0, 0.1) is 30.5 Å². The summed E-state index contributed by atoms with van der Waals surface area (Å²) < 4.78 is 14.9. The van der Waals surface area contributed by atoms with Gasteiger partial charge in [-0.15, -0.1) is 12.8 Å². The Hall–Kier alpha value is -4.92. The second-order valence-corrected chi connectivity index (χ2v) is 8.66. The molecule has 0 saturated carbocycles. The summed E-state index contributed by atoms with van der Waals surface area (Å²) in [5.41, 5.74) is 1.93. The van der Waals surface area contributed by atoms with Crippen LogP contribution in [0.15, 0.2) is 71.8 Å². The minimum Gasteiger partial charge on any atom is -0.308 e. The summed E-state index contributed by atoms with van der Waals surface area (Å²) in [5, 5.41) is 8.54. The highest BCUT2D eigenvalue weighted by Crippen LogP contribution is 2.22. The van der Waals surface area contributed by atoms with Gasteiger partial charge in [0.15, 0.2) is 0 Å². The molecular formula is C30H28FN5O2. The zero-order valence-corrected chi connectivity index (χ0v) is 21.5. The van der Waals surface area contributed by atoms with Gasteiger partial charge in [0.05, 0.1) is 17.6 Å². The summed E-state index contributed by atoms with van der Waals surface area (Å²) in [6.45, 7) is 1.53. The molecule has 0 atom stereocenters. The van der Waals surface area contributed by atoms with Gasteiger partial charge in [-0.25, -0.2) is 14.1 Å². The molecule has 3 rings (SSSR count). The second-order valence-electron chi connectivity index (χ2n) is 8.66. The standard InChI is InChI=1S/C30H28FN5O2/c1-6-22-11-14-26(15-12-22)36(29(37)25-10-8-9-23(7-2)19-25)30(38)33-28-16-13-24(20-27(28)31)21-32-35(5)18-17-34(3)4/h1-2,8-16,19-21H,17-18H2,3-5H3,(H,33,38). The number of amides is 3. The number of anilines is 2. The van der Waals surface area contributed by atoms with E-state index in [0.717, 1.165) is 11.4 Å². The number of hydrazone groups is 1. The molecule has 7 nitrogen and oxygen atoms in total. The number of benzene rings is 3. The molecule has 3 aromatic carbocycles. The minimum atomic E-state index is -0.849. The maximum absolute atomic E-state index is 14.9. The van der Waals surface area contributed by atoms with Gasteiger partial charge in [-0.05, 0) is 74.3 Å². The van der Waals surface area contributed by atoms with Crippen LogP contribution in [-0.2, 0) is 0 Å². The van der Waals surface area contributed by atoms with Crippen molar-refractivity contribution in [3.05, 3.63) is 94.8 Å². The second kappa shape index (κ2) is 12.9.